The van der Waals surface area contributed by atoms with E-state index >= 15 is 0 Å². The molecule has 0 aliphatic carbocycles. The van der Waals surface area contributed by atoms with Crippen molar-refractivity contribution in [3.05, 3.63) is 181 Å². The maximum absolute atomic E-state index is 14.3. The minimum absolute atomic E-state index is 0.00295. The van der Waals surface area contributed by atoms with E-state index in [-0.39, 0.29) is 99.4 Å². The Morgan fingerprint density at radius 2 is 0.804 bits per heavy atom. The van der Waals surface area contributed by atoms with Crippen molar-refractivity contribution in [1.82, 2.24) is 31.9 Å². The molecule has 558 valence electrons. The predicted octanol–water partition coefficient (Wildman–Crippen LogP) is 8.91. The van der Waals surface area contributed by atoms with Gasteiger partial charge in [-0.05, 0) is 92.0 Å². The van der Waals surface area contributed by atoms with E-state index in [9.17, 15) is 61.1 Å². The molecule has 4 aromatic rings. The second kappa shape index (κ2) is 44.1. The van der Waals surface area contributed by atoms with Gasteiger partial charge in [0.25, 0.3) is 0 Å². The van der Waals surface area contributed by atoms with Gasteiger partial charge < -0.3 is 62.3 Å². The standard InChI is InChI=1S/C36H50FN4O9P.C35H46FN4O10P/c1-8-17-47-51(46,48-18-9-2)50-31-16-15-26(20-27(31)23-37)22-29(33(43)39-28(32(38)42)19-24(3)4)40-34(44)30(21-25-13-11-10-12-14-25)41-35(45)49-36(5,6)7;1-5-16-48-51(47,49-17-6-2)50-30-13-12-25(19-26(30)22-36)21-29(35(46)39-27(33(37)44)18-23(3)4)40-34(45)28(20-24-10-8-7-9-11-24)38-31(41)14-15-32(42)43/h8-16,20,24,28-30H,1-2,17-19,21-23H2,3-7H3,(H2,38,42)(H,39,43)(H,40,44)(H,41,45);5-13,19,23,27-29H,1-2,14-18,20-22H2,3-4H3,(H2,37,44)(H,38,41)(H,39,46)(H,40,45)(H,42,43). The zero-order chi connectivity index (χ0) is 76.2. The zero-order valence-corrected chi connectivity index (χ0v) is 60.3. The van der Waals surface area contributed by atoms with E-state index in [1.807, 2.05) is 27.7 Å². The van der Waals surface area contributed by atoms with Crippen LogP contribution in [0.2, 0.25) is 0 Å². The number of carboxylic acid groups (broad SMARTS) is 1. The lowest BCUT2D eigenvalue weighted by Crippen LogP contribution is -2.57. The predicted molar refractivity (Wildman–Crippen MR) is 378 cm³/mol. The van der Waals surface area contributed by atoms with E-state index in [0.717, 1.165) is 5.56 Å². The van der Waals surface area contributed by atoms with Gasteiger partial charge in [-0.15, -0.1) is 26.3 Å². The number of carbonyl (C=O) groups excluding carboxylic acids is 8. The molecule has 0 radical (unpaired) electrons. The van der Waals surface area contributed by atoms with Crippen LogP contribution in [0.25, 0.3) is 0 Å². The lowest BCUT2D eigenvalue weighted by Gasteiger charge is -2.27. The number of primary amides is 2. The van der Waals surface area contributed by atoms with Gasteiger partial charge in [0.15, 0.2) is 0 Å². The maximum atomic E-state index is 14.3. The smallest absolute Gasteiger partial charge is 0.481 e. The molecule has 0 fully saturated rings. The van der Waals surface area contributed by atoms with Crippen LogP contribution in [0.5, 0.6) is 11.5 Å². The van der Waals surface area contributed by atoms with Crippen LogP contribution in [0.15, 0.2) is 148 Å². The number of hydrogen-bond donors (Lipinski definition) is 9. The Morgan fingerprint density at radius 1 is 0.480 bits per heavy atom. The fourth-order valence-corrected chi connectivity index (χ4v) is 11.7. The number of ether oxygens (including phenoxy) is 1. The summed E-state index contributed by atoms with van der Waals surface area (Å²) in [7, 11) is -8.45. The normalized spacial score (nSPS) is 13.1. The highest BCUT2D eigenvalue weighted by Crippen LogP contribution is 2.51. The Hall–Kier alpha value is -9.37. The number of alkyl carbamates (subject to hydrolysis) is 1. The van der Waals surface area contributed by atoms with Gasteiger partial charge in [-0.2, -0.15) is 0 Å². The number of nitrogens with one attached hydrogen (secondary N) is 6. The molecule has 6 unspecified atom stereocenters. The summed E-state index contributed by atoms with van der Waals surface area (Å²) in [5.41, 5.74) is 12.2. The number of nitrogens with two attached hydrogens (primary N) is 2. The van der Waals surface area contributed by atoms with Gasteiger partial charge in [0.2, 0.25) is 41.4 Å². The van der Waals surface area contributed by atoms with Crippen LogP contribution in [0, 0.1) is 11.8 Å². The number of alkyl halides is 2. The number of halogens is 2. The number of phosphoric acid groups is 2. The Labute approximate surface area is 593 Å². The lowest BCUT2D eigenvalue weighted by molar-refractivity contribution is -0.139. The van der Waals surface area contributed by atoms with Crippen molar-refractivity contribution >= 4 is 69.1 Å². The second-order valence-corrected chi connectivity index (χ2v) is 28.1. The first-order chi connectivity index (χ1) is 48.2. The summed E-state index contributed by atoms with van der Waals surface area (Å²) >= 11 is 0. The fraction of sp³-hybridized carbons (Fsp3) is 0.423. The van der Waals surface area contributed by atoms with Gasteiger partial charge in [0, 0.05) is 43.2 Å². The fourth-order valence-electron chi connectivity index (χ4n) is 9.37. The van der Waals surface area contributed by atoms with Crippen molar-refractivity contribution in [3.63, 3.8) is 0 Å². The van der Waals surface area contributed by atoms with Crippen molar-refractivity contribution in [3.8, 4) is 11.5 Å². The zero-order valence-electron chi connectivity index (χ0n) is 58.5. The minimum Gasteiger partial charge on any atom is -0.481 e. The summed E-state index contributed by atoms with van der Waals surface area (Å²) in [5.74, 6) is -6.85. The molecule has 6 atom stereocenters. The molecule has 4 rings (SSSR count). The van der Waals surface area contributed by atoms with E-state index in [1.54, 1.807) is 81.4 Å². The molecule has 0 aliphatic rings. The monoisotopic (exact) mass is 1460 g/mol. The summed E-state index contributed by atoms with van der Waals surface area (Å²) in [5, 5.41) is 24.6. The molecule has 102 heavy (non-hydrogen) atoms. The Morgan fingerprint density at radius 3 is 1.11 bits per heavy atom. The molecule has 0 aromatic heterocycles. The van der Waals surface area contributed by atoms with Crippen molar-refractivity contribution in [1.29, 1.82) is 0 Å². The van der Waals surface area contributed by atoms with E-state index in [4.69, 9.17) is 48.5 Å². The van der Waals surface area contributed by atoms with Crippen molar-refractivity contribution in [2.45, 2.75) is 155 Å². The van der Waals surface area contributed by atoms with E-state index in [1.165, 1.54) is 60.7 Å². The second-order valence-electron chi connectivity index (χ2n) is 24.9. The molecule has 4 aromatic carbocycles. The number of benzene rings is 4. The van der Waals surface area contributed by atoms with Gasteiger partial charge in [0.05, 0.1) is 32.8 Å². The van der Waals surface area contributed by atoms with Crippen molar-refractivity contribution in [2.75, 3.05) is 26.4 Å². The molecule has 0 heterocycles. The van der Waals surface area contributed by atoms with Gasteiger partial charge >= 0.3 is 27.7 Å². The molecule has 0 saturated carbocycles. The van der Waals surface area contributed by atoms with Crippen LogP contribution in [0.4, 0.5) is 13.6 Å². The molecule has 27 nitrogen and oxygen atoms in total. The van der Waals surface area contributed by atoms with Gasteiger partial charge in [-0.3, -0.25) is 56.5 Å². The Balaban J connectivity index is 0.000000530. The maximum Gasteiger partial charge on any atom is 0.530 e. The van der Waals surface area contributed by atoms with Crippen LogP contribution in [0.3, 0.4) is 0 Å². The molecule has 8 amide bonds. The third-order valence-corrected chi connectivity index (χ3v) is 16.7. The average Bonchev–Trinajstić information content (AvgIpc) is 0.831. The average molecular weight is 1470 g/mol. The summed E-state index contributed by atoms with van der Waals surface area (Å²) < 4.78 is 92.1. The van der Waals surface area contributed by atoms with E-state index < -0.39 is 137 Å². The molecular formula is C71H96F2N8O19P2. The third-order valence-electron chi connectivity index (χ3n) is 14.0. The molecular weight excluding hydrogens is 1370 g/mol. The summed E-state index contributed by atoms with van der Waals surface area (Å²) in [6.45, 7) is 23.5. The van der Waals surface area contributed by atoms with Crippen LogP contribution in [0.1, 0.15) is 108 Å². The molecule has 11 N–H and O–H groups in total. The largest absolute Gasteiger partial charge is 0.530 e. The topological polar surface area (TPSA) is 397 Å². The first kappa shape index (κ1) is 86.8. The number of rotatable bonds is 45. The number of amides is 8. The third kappa shape index (κ3) is 33.0. The van der Waals surface area contributed by atoms with Crippen LogP contribution < -0.4 is 52.4 Å². The highest BCUT2D eigenvalue weighted by atomic mass is 31.2. The summed E-state index contributed by atoms with van der Waals surface area (Å²) in [4.78, 5) is 116. The number of carbonyl (C=O) groups is 9. The number of phosphoric ester groups is 2. The molecule has 0 saturated heterocycles. The highest BCUT2D eigenvalue weighted by molar-refractivity contribution is 7.49. The number of carboxylic acids is 1. The Bertz CT molecular complexity index is 3550. The minimum atomic E-state index is -4.23. The van der Waals surface area contributed by atoms with Crippen molar-refractivity contribution < 1.29 is 98.0 Å². The lowest BCUT2D eigenvalue weighted by atomic mass is 9.99. The molecule has 0 aliphatic heterocycles. The van der Waals surface area contributed by atoms with Gasteiger partial charge in [-0.1, -0.05) is 125 Å². The molecule has 0 spiro atoms. The summed E-state index contributed by atoms with van der Waals surface area (Å²) in [6.07, 6.45) is 3.67. The number of hydrogen-bond acceptors (Lipinski definition) is 18. The molecule has 0 bridgehead atoms. The SMILES string of the molecule is C=CCOP(=O)(OCC=C)Oc1ccc(CC(NC(=O)C(Cc2ccccc2)NC(=O)CCC(=O)O)C(=O)NC(CC(C)C)C(N)=O)cc1CF.C=CCOP(=O)(OCC=C)Oc1ccc(CC(NC(=O)C(Cc2ccccc2)NC(=O)OC(C)(C)C)C(=O)NC(CC(C)C)C(N)=O)cc1CF. The molecule has 31 heteroatoms. The Kier molecular flexibility index (Phi) is 37.6. The van der Waals surface area contributed by atoms with Gasteiger partial charge in [0.1, 0.15) is 66.7 Å². The van der Waals surface area contributed by atoms with Crippen molar-refractivity contribution in [2.24, 2.45) is 23.3 Å². The van der Waals surface area contributed by atoms with Gasteiger partial charge in [-0.25, -0.2) is 22.7 Å². The van der Waals surface area contributed by atoms with Crippen LogP contribution in [-0.2, 0) is 109 Å². The highest BCUT2D eigenvalue weighted by Gasteiger charge is 2.35. The van der Waals surface area contributed by atoms with E-state index in [0.29, 0.717) is 16.7 Å². The first-order valence-electron chi connectivity index (χ1n) is 32.5. The van der Waals surface area contributed by atoms with Crippen LogP contribution in [-0.4, -0.2) is 127 Å². The first-order valence-corrected chi connectivity index (χ1v) is 35.5. The summed E-state index contributed by atoms with van der Waals surface area (Å²) in [6, 6.07) is 18.6. The van der Waals surface area contributed by atoms with Crippen LogP contribution >= 0.6 is 15.6 Å². The quantitative estimate of drug-likeness (QED) is 0.0147. The van der Waals surface area contributed by atoms with E-state index in [2.05, 4.69) is 58.2 Å². The number of aliphatic carboxylic acids is 1.